The molecule has 0 radical (unpaired) electrons. The molecule has 0 unspecified atom stereocenters. The van der Waals surface area contributed by atoms with E-state index in [-0.39, 0.29) is 0 Å². The van der Waals surface area contributed by atoms with Gasteiger partial charge in [-0.3, -0.25) is 4.57 Å². The van der Waals surface area contributed by atoms with Crippen LogP contribution >= 0.6 is 0 Å². The largest absolute Gasteiger partial charge is 0.455 e. The Balaban J connectivity index is 0.983. The van der Waals surface area contributed by atoms with Crippen LogP contribution < -0.4 is 0 Å². The molecule has 0 aliphatic rings. The number of aromatic nitrogens is 4. The lowest BCUT2D eigenvalue weighted by atomic mass is 9.95. The second-order valence-electron chi connectivity index (χ2n) is 19.3. The molecule has 75 heavy (non-hydrogen) atoms. The van der Waals surface area contributed by atoms with Gasteiger partial charge in [0.05, 0.1) is 33.5 Å². The van der Waals surface area contributed by atoms with Crippen molar-refractivity contribution in [2.75, 3.05) is 0 Å². The first-order valence-corrected chi connectivity index (χ1v) is 25.5. The van der Waals surface area contributed by atoms with Gasteiger partial charge in [-0.15, -0.1) is 0 Å². The zero-order valence-corrected chi connectivity index (χ0v) is 40.6. The van der Waals surface area contributed by atoms with Gasteiger partial charge in [-0.25, -0.2) is 9.97 Å². The Kier molecular flexibility index (Phi) is 9.82. The van der Waals surface area contributed by atoms with Gasteiger partial charge in [0.15, 0.2) is 0 Å². The summed E-state index contributed by atoms with van der Waals surface area (Å²) in [6, 6.07) is 95.3. The molecule has 0 aliphatic carbocycles. The van der Waals surface area contributed by atoms with E-state index in [1.807, 2.05) is 18.2 Å². The fraction of sp³-hybridized carbons (Fsp3) is 0. The standard InChI is InChI=1S/C70H44N4O/c1-4-17-45(18-5-1)47-31-35-49(36-32-47)52-41-53(50-37-33-48(34-38-50)46-19-6-2-7-20-46)43-54(42-52)73-64-29-14-11-25-60(64)67-65(73)40-39-57-55-23-10-13-28-63(55)74(68(57)67)70-71-61(51-21-8-3-9-22-51)44-62(72-70)59-27-16-26-58-56-24-12-15-30-66(56)75-69(58)59/h1-44H. The zero-order valence-electron chi connectivity index (χ0n) is 40.6. The fourth-order valence-corrected chi connectivity index (χ4v) is 11.4. The molecule has 0 bridgehead atoms. The number of rotatable bonds is 8. The van der Waals surface area contributed by atoms with Gasteiger partial charge >= 0.3 is 0 Å². The lowest BCUT2D eigenvalue weighted by Crippen LogP contribution is -2.04. The number of nitrogens with zero attached hydrogens (tertiary/aromatic N) is 4. The highest BCUT2D eigenvalue weighted by Crippen LogP contribution is 2.44. The Bertz CT molecular complexity index is 4560. The van der Waals surface area contributed by atoms with E-state index in [9.17, 15) is 0 Å². The molecule has 15 rings (SSSR count). The van der Waals surface area contributed by atoms with Crippen LogP contribution in [0.1, 0.15) is 0 Å². The van der Waals surface area contributed by atoms with E-state index in [1.165, 1.54) is 22.3 Å². The van der Waals surface area contributed by atoms with E-state index in [2.05, 4.69) is 258 Å². The van der Waals surface area contributed by atoms with Crippen molar-refractivity contribution in [3.63, 3.8) is 0 Å². The minimum atomic E-state index is 0.581. The Morgan fingerprint density at radius 2 is 0.787 bits per heavy atom. The predicted molar refractivity (Wildman–Crippen MR) is 311 cm³/mol. The molecule has 350 valence electrons. The molecular weight excluding hydrogens is 913 g/mol. The van der Waals surface area contributed by atoms with Gasteiger partial charge in [-0.05, 0) is 99.1 Å². The molecular formula is C70H44N4O. The highest BCUT2D eigenvalue weighted by molar-refractivity contribution is 6.26. The normalized spacial score (nSPS) is 11.7. The average molecular weight is 957 g/mol. The summed E-state index contributed by atoms with van der Waals surface area (Å²) >= 11 is 0. The van der Waals surface area contributed by atoms with E-state index < -0.39 is 0 Å². The summed E-state index contributed by atoms with van der Waals surface area (Å²) in [4.78, 5) is 11.1. The maximum atomic E-state index is 6.66. The minimum absolute atomic E-state index is 0.581. The second kappa shape index (κ2) is 17.3. The van der Waals surface area contributed by atoms with Gasteiger partial charge in [0.25, 0.3) is 0 Å². The van der Waals surface area contributed by atoms with Crippen LogP contribution in [0.3, 0.4) is 0 Å². The highest BCUT2D eigenvalue weighted by atomic mass is 16.3. The summed E-state index contributed by atoms with van der Waals surface area (Å²) in [7, 11) is 0. The van der Waals surface area contributed by atoms with Gasteiger partial charge in [-0.2, -0.15) is 0 Å². The van der Waals surface area contributed by atoms with Crippen molar-refractivity contribution >= 4 is 65.6 Å². The zero-order chi connectivity index (χ0) is 49.4. The van der Waals surface area contributed by atoms with Gasteiger partial charge in [-0.1, -0.05) is 212 Å². The molecule has 0 aliphatic heterocycles. The summed E-state index contributed by atoms with van der Waals surface area (Å²) < 4.78 is 11.4. The summed E-state index contributed by atoms with van der Waals surface area (Å²) in [6.45, 7) is 0. The van der Waals surface area contributed by atoms with E-state index >= 15 is 0 Å². The van der Waals surface area contributed by atoms with Crippen LogP contribution in [0.15, 0.2) is 271 Å². The number of hydrogen-bond donors (Lipinski definition) is 0. The van der Waals surface area contributed by atoms with Crippen molar-refractivity contribution in [1.29, 1.82) is 0 Å². The SMILES string of the molecule is c1ccc(-c2ccc(-c3cc(-c4ccc(-c5ccccc5)cc4)cc(-n4c5ccccc5c5c4ccc4c6ccccc6n(-c6nc(-c7ccccc7)cc(-c7cccc8c7oc7ccccc78)n6)c45)c3)cc2)cc1. The van der Waals surface area contributed by atoms with Crippen LogP contribution in [0.2, 0.25) is 0 Å². The Morgan fingerprint density at radius 3 is 1.43 bits per heavy atom. The van der Waals surface area contributed by atoms with Crippen LogP contribution in [0.25, 0.3) is 144 Å². The Morgan fingerprint density at radius 1 is 0.293 bits per heavy atom. The van der Waals surface area contributed by atoms with Crippen molar-refractivity contribution < 1.29 is 4.42 Å². The first-order chi connectivity index (χ1) is 37.2. The third kappa shape index (κ3) is 7.08. The van der Waals surface area contributed by atoms with Gasteiger partial charge < -0.3 is 8.98 Å². The quantitative estimate of drug-likeness (QED) is 0.152. The molecule has 5 heteroatoms. The van der Waals surface area contributed by atoms with Crippen LogP contribution in [0, 0.1) is 0 Å². The first kappa shape index (κ1) is 42.6. The third-order valence-electron chi connectivity index (χ3n) is 15.0. The molecule has 4 heterocycles. The van der Waals surface area contributed by atoms with E-state index in [4.69, 9.17) is 14.4 Å². The molecule has 11 aromatic carbocycles. The molecule has 0 atom stereocenters. The maximum Gasteiger partial charge on any atom is 0.235 e. The summed E-state index contributed by atoms with van der Waals surface area (Å²) in [5.41, 5.74) is 19.8. The van der Waals surface area contributed by atoms with E-state index in [0.717, 1.165) is 116 Å². The third-order valence-corrected chi connectivity index (χ3v) is 15.0. The lowest BCUT2D eigenvalue weighted by molar-refractivity contribution is 0.670. The van der Waals surface area contributed by atoms with Crippen molar-refractivity contribution in [3.05, 3.63) is 267 Å². The number of hydrogen-bond acceptors (Lipinski definition) is 3. The highest BCUT2D eigenvalue weighted by Gasteiger charge is 2.24. The minimum Gasteiger partial charge on any atom is -0.455 e. The molecule has 0 spiro atoms. The monoisotopic (exact) mass is 956 g/mol. The first-order valence-electron chi connectivity index (χ1n) is 25.5. The summed E-state index contributed by atoms with van der Waals surface area (Å²) in [6.07, 6.45) is 0. The van der Waals surface area contributed by atoms with Crippen LogP contribution in [0.5, 0.6) is 0 Å². The van der Waals surface area contributed by atoms with Crippen LogP contribution in [-0.2, 0) is 0 Å². The molecule has 0 N–H and O–H groups in total. The molecule has 4 aromatic heterocycles. The van der Waals surface area contributed by atoms with Gasteiger partial charge in [0.1, 0.15) is 11.2 Å². The topological polar surface area (TPSA) is 48.8 Å². The second-order valence-corrected chi connectivity index (χ2v) is 19.3. The number of para-hydroxylation sites is 4. The smallest absolute Gasteiger partial charge is 0.235 e. The van der Waals surface area contributed by atoms with Crippen molar-refractivity contribution in [1.82, 2.24) is 19.1 Å². The Hall–Kier alpha value is -10.1. The van der Waals surface area contributed by atoms with Crippen molar-refractivity contribution in [2.45, 2.75) is 0 Å². The Labute approximate surface area is 432 Å². The average Bonchev–Trinajstić information content (AvgIpc) is 4.24. The fourth-order valence-electron chi connectivity index (χ4n) is 11.4. The van der Waals surface area contributed by atoms with Crippen LogP contribution in [-0.4, -0.2) is 19.1 Å². The number of benzene rings is 11. The van der Waals surface area contributed by atoms with Crippen molar-refractivity contribution in [2.24, 2.45) is 0 Å². The van der Waals surface area contributed by atoms with Crippen LogP contribution in [0.4, 0.5) is 0 Å². The molecule has 15 aromatic rings. The number of fused-ring (bicyclic) bond motifs is 10. The molecule has 0 amide bonds. The lowest BCUT2D eigenvalue weighted by Gasteiger charge is -2.15. The molecule has 0 saturated carbocycles. The van der Waals surface area contributed by atoms with Gasteiger partial charge in [0.2, 0.25) is 5.95 Å². The maximum absolute atomic E-state index is 6.66. The summed E-state index contributed by atoms with van der Waals surface area (Å²) in [5, 5.41) is 6.65. The van der Waals surface area contributed by atoms with Crippen molar-refractivity contribution in [3.8, 4) is 78.7 Å². The predicted octanol–water partition coefficient (Wildman–Crippen LogP) is 18.6. The molecule has 0 fully saturated rings. The van der Waals surface area contributed by atoms with E-state index in [1.54, 1.807) is 0 Å². The van der Waals surface area contributed by atoms with E-state index in [0.29, 0.717) is 5.95 Å². The van der Waals surface area contributed by atoms with Gasteiger partial charge in [0, 0.05) is 49.1 Å². The molecule has 5 nitrogen and oxygen atoms in total. The number of furan rings is 1. The molecule has 0 saturated heterocycles. The summed E-state index contributed by atoms with van der Waals surface area (Å²) in [5.74, 6) is 0.581.